The van der Waals surface area contributed by atoms with E-state index in [1.807, 2.05) is 0 Å². The Bertz CT molecular complexity index is 740. The highest BCUT2D eigenvalue weighted by Gasteiger charge is 2.24. The van der Waals surface area contributed by atoms with Gasteiger partial charge in [-0.15, -0.1) is 0 Å². The number of sulfonamides is 1. The summed E-state index contributed by atoms with van der Waals surface area (Å²) in [4.78, 5) is 11.2. The Labute approximate surface area is 152 Å². The Morgan fingerprint density at radius 2 is 1.77 bits per heavy atom. The molecule has 26 heavy (non-hydrogen) atoms. The second-order valence-electron chi connectivity index (χ2n) is 6.52. The molecule has 144 valence electrons. The number of rotatable bonds is 8. The fourth-order valence-corrected chi connectivity index (χ4v) is 4.41. The molecule has 0 radical (unpaired) electrons. The van der Waals surface area contributed by atoms with E-state index in [0.717, 1.165) is 25.7 Å². The van der Waals surface area contributed by atoms with Crippen LogP contribution in [-0.2, 0) is 19.5 Å². The summed E-state index contributed by atoms with van der Waals surface area (Å²) >= 11 is 0. The van der Waals surface area contributed by atoms with Crippen LogP contribution in [0.25, 0.3) is 0 Å². The van der Waals surface area contributed by atoms with Gasteiger partial charge >= 0.3 is 5.97 Å². The predicted octanol–water partition coefficient (Wildman–Crippen LogP) is 1.43. The van der Waals surface area contributed by atoms with Crippen LogP contribution in [0.4, 0.5) is 5.69 Å². The minimum Gasteiger partial charge on any atom is -0.478 e. The molecule has 3 rings (SSSR count). The SMILES string of the molecule is O=C(O)c1ccc(NCC2CCCO2)c(S(=O)(=O)NCC2CCCO2)c1. The van der Waals surface area contributed by atoms with E-state index in [0.29, 0.717) is 25.4 Å². The van der Waals surface area contributed by atoms with Crippen molar-refractivity contribution < 1.29 is 27.8 Å². The maximum absolute atomic E-state index is 12.7. The molecule has 0 saturated carbocycles. The van der Waals surface area contributed by atoms with E-state index in [1.54, 1.807) is 0 Å². The zero-order chi connectivity index (χ0) is 18.6. The Balaban J connectivity index is 1.78. The van der Waals surface area contributed by atoms with Gasteiger partial charge < -0.3 is 19.9 Å². The lowest BCUT2D eigenvalue weighted by Gasteiger charge is -2.17. The highest BCUT2D eigenvalue weighted by molar-refractivity contribution is 7.89. The molecule has 2 unspecified atom stereocenters. The quantitative estimate of drug-likeness (QED) is 0.621. The summed E-state index contributed by atoms with van der Waals surface area (Å²) in [6.07, 6.45) is 3.51. The summed E-state index contributed by atoms with van der Waals surface area (Å²) in [6, 6.07) is 4.05. The van der Waals surface area contributed by atoms with Crippen molar-refractivity contribution in [2.24, 2.45) is 0 Å². The number of ether oxygens (including phenoxy) is 2. The van der Waals surface area contributed by atoms with Gasteiger partial charge in [0.05, 0.1) is 23.5 Å². The number of benzene rings is 1. The van der Waals surface area contributed by atoms with Crippen molar-refractivity contribution in [1.29, 1.82) is 0 Å². The van der Waals surface area contributed by atoms with Gasteiger partial charge in [-0.25, -0.2) is 17.9 Å². The zero-order valence-corrected chi connectivity index (χ0v) is 15.3. The first-order chi connectivity index (χ1) is 12.5. The van der Waals surface area contributed by atoms with Gasteiger partial charge in [0.1, 0.15) is 4.90 Å². The minimum absolute atomic E-state index is 0.0320. The van der Waals surface area contributed by atoms with E-state index in [1.165, 1.54) is 18.2 Å². The van der Waals surface area contributed by atoms with E-state index in [4.69, 9.17) is 9.47 Å². The third-order valence-corrected chi connectivity index (χ3v) is 6.05. The van der Waals surface area contributed by atoms with Gasteiger partial charge in [0.15, 0.2) is 0 Å². The summed E-state index contributed by atoms with van der Waals surface area (Å²) in [5.74, 6) is -1.17. The minimum atomic E-state index is -3.88. The van der Waals surface area contributed by atoms with Gasteiger partial charge in [-0.05, 0) is 43.9 Å². The molecule has 2 atom stereocenters. The van der Waals surface area contributed by atoms with Crippen LogP contribution >= 0.6 is 0 Å². The topological polar surface area (TPSA) is 114 Å². The molecule has 0 aromatic heterocycles. The smallest absolute Gasteiger partial charge is 0.335 e. The van der Waals surface area contributed by atoms with E-state index < -0.39 is 16.0 Å². The monoisotopic (exact) mass is 384 g/mol. The molecule has 8 nitrogen and oxygen atoms in total. The van der Waals surface area contributed by atoms with Crippen LogP contribution < -0.4 is 10.0 Å². The number of nitrogens with one attached hydrogen (secondary N) is 2. The standard InChI is InChI=1S/C17H24N2O6S/c20-17(21)12-5-6-15(18-10-13-3-1-7-24-13)16(9-12)26(22,23)19-11-14-4-2-8-25-14/h5-6,9,13-14,18-19H,1-4,7-8,10-11H2,(H,20,21). The largest absolute Gasteiger partial charge is 0.478 e. The third-order valence-electron chi connectivity index (χ3n) is 4.59. The second-order valence-corrected chi connectivity index (χ2v) is 8.25. The molecule has 9 heteroatoms. The van der Waals surface area contributed by atoms with Crippen molar-refractivity contribution in [3.05, 3.63) is 23.8 Å². The lowest BCUT2D eigenvalue weighted by Crippen LogP contribution is -2.32. The number of aromatic carboxylic acids is 1. The maximum Gasteiger partial charge on any atom is 0.335 e. The van der Waals surface area contributed by atoms with E-state index in [2.05, 4.69) is 10.0 Å². The van der Waals surface area contributed by atoms with Crippen molar-refractivity contribution in [1.82, 2.24) is 4.72 Å². The van der Waals surface area contributed by atoms with Gasteiger partial charge in [0, 0.05) is 26.3 Å². The summed E-state index contributed by atoms with van der Waals surface area (Å²) in [5.41, 5.74) is 0.287. The van der Waals surface area contributed by atoms with Gasteiger partial charge in [-0.2, -0.15) is 0 Å². The third kappa shape index (κ3) is 4.73. The summed E-state index contributed by atoms with van der Waals surface area (Å²) < 4.78 is 39.0. The van der Waals surface area contributed by atoms with Crippen LogP contribution in [0.15, 0.2) is 23.1 Å². The van der Waals surface area contributed by atoms with Crippen LogP contribution in [-0.4, -0.2) is 58.0 Å². The number of carboxylic acid groups (broad SMARTS) is 1. The fraction of sp³-hybridized carbons (Fsp3) is 0.588. The molecule has 0 aliphatic carbocycles. The first-order valence-corrected chi connectivity index (χ1v) is 10.3. The molecule has 0 amide bonds. The van der Waals surface area contributed by atoms with Gasteiger partial charge in [-0.3, -0.25) is 0 Å². The zero-order valence-electron chi connectivity index (χ0n) is 14.4. The first-order valence-electron chi connectivity index (χ1n) is 8.80. The average molecular weight is 384 g/mol. The van der Waals surface area contributed by atoms with Crippen LogP contribution in [0.2, 0.25) is 0 Å². The number of carboxylic acids is 1. The molecule has 3 N–H and O–H groups in total. The van der Waals surface area contributed by atoms with Crippen LogP contribution in [0.3, 0.4) is 0 Å². The average Bonchev–Trinajstić information content (AvgIpc) is 3.31. The second kappa shape index (κ2) is 8.34. The summed E-state index contributed by atoms with van der Waals surface area (Å²) in [6.45, 7) is 1.99. The molecule has 0 spiro atoms. The number of anilines is 1. The Morgan fingerprint density at radius 1 is 1.12 bits per heavy atom. The van der Waals surface area contributed by atoms with Crippen molar-refractivity contribution in [2.75, 3.05) is 31.6 Å². The van der Waals surface area contributed by atoms with Crippen molar-refractivity contribution in [3.63, 3.8) is 0 Å². The van der Waals surface area contributed by atoms with E-state index in [9.17, 15) is 18.3 Å². The number of hydrogen-bond donors (Lipinski definition) is 3. The molecule has 2 aliphatic rings. The van der Waals surface area contributed by atoms with Crippen LogP contribution in [0.5, 0.6) is 0 Å². The highest BCUT2D eigenvalue weighted by Crippen LogP contribution is 2.24. The van der Waals surface area contributed by atoms with Gasteiger partial charge in [0.25, 0.3) is 0 Å². The lowest BCUT2D eigenvalue weighted by atomic mass is 10.2. The molecule has 2 aliphatic heterocycles. The molecular weight excluding hydrogens is 360 g/mol. The Kier molecular flexibility index (Phi) is 6.13. The molecule has 1 aromatic carbocycles. The number of hydrogen-bond acceptors (Lipinski definition) is 6. The molecule has 2 saturated heterocycles. The van der Waals surface area contributed by atoms with Crippen molar-refractivity contribution in [2.45, 2.75) is 42.8 Å². The van der Waals surface area contributed by atoms with E-state index >= 15 is 0 Å². The van der Waals surface area contributed by atoms with Crippen LogP contribution in [0, 0.1) is 0 Å². The number of carbonyl (C=O) groups is 1. The highest BCUT2D eigenvalue weighted by atomic mass is 32.2. The Hall–Kier alpha value is -1.68. The van der Waals surface area contributed by atoms with Gasteiger partial charge in [0.2, 0.25) is 10.0 Å². The first kappa shape index (κ1) is 19.1. The van der Waals surface area contributed by atoms with Gasteiger partial charge in [-0.1, -0.05) is 0 Å². The molecule has 0 bridgehead atoms. The van der Waals surface area contributed by atoms with Crippen molar-refractivity contribution in [3.8, 4) is 0 Å². The Morgan fingerprint density at radius 3 is 2.35 bits per heavy atom. The van der Waals surface area contributed by atoms with E-state index in [-0.39, 0.29) is 29.2 Å². The maximum atomic E-state index is 12.7. The summed E-state index contributed by atoms with van der Waals surface area (Å²) in [5, 5.41) is 12.3. The molecule has 2 heterocycles. The lowest BCUT2D eigenvalue weighted by molar-refractivity contribution is 0.0696. The summed E-state index contributed by atoms with van der Waals surface area (Å²) in [7, 11) is -3.88. The van der Waals surface area contributed by atoms with Crippen LogP contribution in [0.1, 0.15) is 36.0 Å². The predicted molar refractivity (Wildman–Crippen MR) is 95.0 cm³/mol. The molecule has 2 fully saturated rings. The molecule has 1 aromatic rings. The fourth-order valence-electron chi connectivity index (χ4n) is 3.14. The normalized spacial score (nSPS) is 23.2. The van der Waals surface area contributed by atoms with Crippen molar-refractivity contribution >= 4 is 21.7 Å². The molecular formula is C17H24N2O6S.